The van der Waals surface area contributed by atoms with Crippen molar-refractivity contribution in [3.05, 3.63) is 65.2 Å². The minimum Gasteiger partial charge on any atom is -0.478 e. The number of hydrogen-bond acceptors (Lipinski definition) is 7. The number of nitrogens with zero attached hydrogens (tertiary/aromatic N) is 2. The van der Waals surface area contributed by atoms with Gasteiger partial charge in [-0.1, -0.05) is 47.6 Å². The Morgan fingerprint density at radius 3 is 2.32 bits per heavy atom. The molecule has 0 aromatic heterocycles. The van der Waals surface area contributed by atoms with Gasteiger partial charge in [-0.2, -0.15) is 0 Å². The minimum atomic E-state index is -1.31. The van der Waals surface area contributed by atoms with Crippen molar-refractivity contribution in [1.29, 1.82) is 0 Å². The molecule has 11 heteroatoms. The molecule has 1 aliphatic heterocycles. The van der Waals surface area contributed by atoms with Crippen molar-refractivity contribution in [2.24, 2.45) is 16.8 Å². The topological polar surface area (TPSA) is 172 Å². The van der Waals surface area contributed by atoms with Crippen LogP contribution in [0.5, 0.6) is 0 Å². The van der Waals surface area contributed by atoms with E-state index in [9.17, 15) is 29.5 Å². The van der Waals surface area contributed by atoms with Gasteiger partial charge in [-0.3, -0.25) is 4.79 Å². The number of aromatic carboxylic acids is 1. The Labute approximate surface area is 220 Å². The Morgan fingerprint density at radius 2 is 1.76 bits per heavy atom. The highest BCUT2D eigenvalue weighted by Crippen LogP contribution is 2.43. The molecule has 2 aromatic rings. The van der Waals surface area contributed by atoms with Gasteiger partial charge in [-0.05, 0) is 51.3 Å². The second kappa shape index (κ2) is 11.3. The van der Waals surface area contributed by atoms with Gasteiger partial charge in [0.1, 0.15) is 11.6 Å². The van der Waals surface area contributed by atoms with Crippen LogP contribution in [-0.4, -0.2) is 56.4 Å². The van der Waals surface area contributed by atoms with Crippen LogP contribution >= 0.6 is 0 Å². The third-order valence-corrected chi connectivity index (χ3v) is 6.27. The number of para-hydroxylation sites is 1. The number of primary amides is 1. The highest BCUT2D eigenvalue weighted by molar-refractivity contribution is 6.02. The molecule has 0 aliphatic carbocycles. The lowest BCUT2D eigenvalue weighted by Crippen LogP contribution is -2.45. The van der Waals surface area contributed by atoms with Gasteiger partial charge in [0.2, 0.25) is 5.91 Å². The highest BCUT2D eigenvalue weighted by Gasteiger charge is 2.50. The third-order valence-electron chi connectivity index (χ3n) is 6.27. The molecule has 1 heterocycles. The molecule has 11 nitrogen and oxygen atoms in total. The van der Waals surface area contributed by atoms with Crippen molar-refractivity contribution < 1.29 is 34.2 Å². The van der Waals surface area contributed by atoms with Crippen LogP contribution in [0.15, 0.2) is 53.7 Å². The van der Waals surface area contributed by atoms with Crippen LogP contribution < -0.4 is 11.1 Å². The SMILES string of the molecule is CC(=NO)C1CC(C(=O)OC(C)(C)C)N(C(=O)Cc2cccc(C(=O)O)c2NC(N)=O)C1c1ccccc1. The quantitative estimate of drug-likeness (QED) is 0.185. The number of esters is 1. The fourth-order valence-electron chi connectivity index (χ4n) is 4.75. The summed E-state index contributed by atoms with van der Waals surface area (Å²) < 4.78 is 5.64. The molecular formula is C27H32N4O7. The first-order chi connectivity index (χ1) is 17.8. The van der Waals surface area contributed by atoms with Gasteiger partial charge in [0.25, 0.3) is 0 Å². The Morgan fingerprint density at radius 1 is 1.11 bits per heavy atom. The molecule has 1 fully saturated rings. The maximum absolute atomic E-state index is 14.0. The average molecular weight is 525 g/mol. The Balaban J connectivity index is 2.12. The van der Waals surface area contributed by atoms with Crippen LogP contribution in [-0.2, 0) is 20.7 Å². The molecule has 1 aliphatic rings. The van der Waals surface area contributed by atoms with Crippen molar-refractivity contribution >= 4 is 35.3 Å². The fraction of sp³-hybridized carbons (Fsp3) is 0.370. The standard InChI is InChI=1S/C27H32N4O7/c1-15(30-37)19-14-20(25(35)38-27(2,3)4)31(23(19)16-9-6-5-7-10-16)21(32)13-17-11-8-12-18(24(33)34)22(17)29-26(28)36/h5-12,19-20,23,37H,13-14H2,1-4H3,(H,33,34)(H3,28,29,36). The number of nitrogens with one attached hydrogen (secondary N) is 1. The van der Waals surface area contributed by atoms with Crippen LogP contribution in [0.2, 0.25) is 0 Å². The smallest absolute Gasteiger partial charge is 0.337 e. The zero-order chi connectivity index (χ0) is 28.2. The molecule has 0 saturated carbocycles. The fourth-order valence-corrected chi connectivity index (χ4v) is 4.75. The number of carbonyl (C=O) groups excluding carboxylic acids is 3. The van der Waals surface area contributed by atoms with Gasteiger partial charge >= 0.3 is 18.0 Å². The summed E-state index contributed by atoms with van der Waals surface area (Å²) in [6.07, 6.45) is -0.195. The molecule has 0 bridgehead atoms. The summed E-state index contributed by atoms with van der Waals surface area (Å²) in [5.41, 5.74) is 5.37. The van der Waals surface area contributed by atoms with E-state index in [0.717, 1.165) is 5.56 Å². The first-order valence-electron chi connectivity index (χ1n) is 12.0. The first kappa shape index (κ1) is 28.2. The molecule has 38 heavy (non-hydrogen) atoms. The number of hydrogen-bond donors (Lipinski definition) is 4. The lowest BCUT2D eigenvalue weighted by atomic mass is 9.89. The number of carboxylic acids is 1. The number of carboxylic acid groups (broad SMARTS) is 1. The summed E-state index contributed by atoms with van der Waals surface area (Å²) in [5, 5.41) is 24.9. The molecule has 202 valence electrons. The van der Waals surface area contributed by atoms with Crippen molar-refractivity contribution in [2.45, 2.75) is 58.2 Å². The van der Waals surface area contributed by atoms with Gasteiger partial charge < -0.3 is 31.0 Å². The third kappa shape index (κ3) is 6.28. The summed E-state index contributed by atoms with van der Waals surface area (Å²) in [5.74, 6) is -2.95. The number of nitrogens with two attached hydrogens (primary N) is 1. The number of benzene rings is 2. The lowest BCUT2D eigenvalue weighted by Gasteiger charge is -2.33. The summed E-state index contributed by atoms with van der Waals surface area (Å²) in [4.78, 5) is 52.1. The zero-order valence-corrected chi connectivity index (χ0v) is 21.7. The molecule has 0 spiro atoms. The van der Waals surface area contributed by atoms with Gasteiger partial charge in [0.15, 0.2) is 0 Å². The molecule has 5 N–H and O–H groups in total. The largest absolute Gasteiger partial charge is 0.478 e. The van der Waals surface area contributed by atoms with Crippen molar-refractivity contribution in [3.8, 4) is 0 Å². The normalized spacial score (nSPS) is 19.6. The molecule has 1 saturated heterocycles. The molecular weight excluding hydrogens is 492 g/mol. The number of likely N-dealkylation sites (tertiary alicyclic amines) is 1. The number of rotatable bonds is 7. The molecule has 3 atom stereocenters. The Kier molecular flexibility index (Phi) is 8.39. The van der Waals surface area contributed by atoms with Crippen molar-refractivity contribution in [3.63, 3.8) is 0 Å². The zero-order valence-electron chi connectivity index (χ0n) is 21.7. The summed E-state index contributed by atoms with van der Waals surface area (Å²) >= 11 is 0. The van der Waals surface area contributed by atoms with E-state index in [1.165, 1.54) is 23.1 Å². The molecule has 0 radical (unpaired) electrons. The maximum atomic E-state index is 14.0. The highest BCUT2D eigenvalue weighted by atomic mass is 16.6. The van der Waals surface area contributed by atoms with E-state index >= 15 is 0 Å². The molecule has 3 amide bonds. The second-order valence-electron chi connectivity index (χ2n) is 10.1. The number of oxime groups is 1. The lowest BCUT2D eigenvalue weighted by molar-refractivity contribution is -0.164. The van der Waals surface area contributed by atoms with E-state index in [1.807, 2.05) is 18.2 Å². The van der Waals surface area contributed by atoms with Crippen molar-refractivity contribution in [1.82, 2.24) is 4.90 Å². The van der Waals surface area contributed by atoms with Gasteiger partial charge in [0, 0.05) is 5.92 Å². The summed E-state index contributed by atoms with van der Waals surface area (Å²) in [6, 6.07) is 10.6. The van der Waals surface area contributed by atoms with E-state index in [0.29, 0.717) is 5.71 Å². The van der Waals surface area contributed by atoms with Crippen LogP contribution in [0, 0.1) is 5.92 Å². The maximum Gasteiger partial charge on any atom is 0.337 e. The van der Waals surface area contributed by atoms with Crippen LogP contribution in [0.1, 0.15) is 61.6 Å². The molecule has 3 unspecified atom stereocenters. The Bertz CT molecular complexity index is 1250. The van der Waals surface area contributed by atoms with Crippen LogP contribution in [0.4, 0.5) is 10.5 Å². The van der Waals surface area contributed by atoms with Crippen LogP contribution in [0.25, 0.3) is 0 Å². The number of urea groups is 1. The molecule has 2 aromatic carbocycles. The number of carbonyl (C=O) groups is 4. The van der Waals surface area contributed by atoms with Crippen LogP contribution in [0.3, 0.4) is 0 Å². The predicted molar refractivity (Wildman–Crippen MR) is 139 cm³/mol. The minimum absolute atomic E-state index is 0.102. The number of ether oxygens (including phenoxy) is 1. The monoisotopic (exact) mass is 524 g/mol. The second-order valence-corrected chi connectivity index (χ2v) is 10.1. The van der Waals surface area contributed by atoms with E-state index in [1.54, 1.807) is 39.8 Å². The Hall–Kier alpha value is -4.41. The molecule has 3 rings (SSSR count). The first-order valence-corrected chi connectivity index (χ1v) is 12.0. The summed E-state index contributed by atoms with van der Waals surface area (Å²) in [7, 11) is 0. The van der Waals surface area contributed by atoms with Gasteiger partial charge in [0.05, 0.1) is 29.4 Å². The van der Waals surface area contributed by atoms with E-state index in [2.05, 4.69) is 10.5 Å². The average Bonchev–Trinajstić information content (AvgIpc) is 3.24. The van der Waals surface area contributed by atoms with Gasteiger partial charge in [-0.25, -0.2) is 14.4 Å². The predicted octanol–water partition coefficient (Wildman–Crippen LogP) is 3.57. The van der Waals surface area contributed by atoms with Gasteiger partial charge in [-0.15, -0.1) is 0 Å². The van der Waals surface area contributed by atoms with E-state index in [4.69, 9.17) is 10.5 Å². The summed E-state index contributed by atoms with van der Waals surface area (Å²) in [6.45, 7) is 6.78. The van der Waals surface area contributed by atoms with E-state index in [-0.39, 0.29) is 29.7 Å². The number of anilines is 1. The van der Waals surface area contributed by atoms with Crippen molar-refractivity contribution in [2.75, 3.05) is 5.32 Å². The van der Waals surface area contributed by atoms with E-state index < -0.39 is 47.5 Å². The number of amides is 3.